The van der Waals surface area contributed by atoms with Gasteiger partial charge in [-0.05, 0) is 6.42 Å². The van der Waals surface area contributed by atoms with Gasteiger partial charge in [-0.1, -0.05) is 6.92 Å². The van der Waals surface area contributed by atoms with Crippen LogP contribution < -0.4 is 0 Å². The van der Waals surface area contributed by atoms with E-state index in [9.17, 15) is 5.11 Å². The van der Waals surface area contributed by atoms with E-state index < -0.39 is 18.2 Å². The fourth-order valence-electron chi connectivity index (χ4n) is 1.11. The first-order chi connectivity index (χ1) is 4.66. The molecule has 3 nitrogen and oxygen atoms in total. The summed E-state index contributed by atoms with van der Waals surface area (Å²) in [6.07, 6.45) is -1.37. The first-order valence-electron chi connectivity index (χ1n) is 3.44. The van der Waals surface area contributed by atoms with Gasteiger partial charge in [-0.2, -0.15) is 0 Å². The molecule has 56 valence electrons. The van der Waals surface area contributed by atoms with Gasteiger partial charge in [0.05, 0.1) is 12.2 Å². The third kappa shape index (κ3) is 1.19. The molecule has 0 amide bonds. The summed E-state index contributed by atoms with van der Waals surface area (Å²) in [6, 6.07) is -0.722. The van der Waals surface area contributed by atoms with Gasteiger partial charge in [0.1, 0.15) is 14.0 Å². The first-order valence-corrected chi connectivity index (χ1v) is 3.44. The van der Waals surface area contributed by atoms with Gasteiger partial charge in [-0.3, -0.25) is 0 Å². The molecule has 0 aromatic rings. The summed E-state index contributed by atoms with van der Waals surface area (Å²) >= 11 is 0. The molecule has 4 atom stereocenters. The molecule has 0 saturated carbocycles. The van der Waals surface area contributed by atoms with Gasteiger partial charge in [0, 0.05) is 6.00 Å². The van der Waals surface area contributed by atoms with Crippen molar-refractivity contribution in [1.82, 2.24) is 0 Å². The second-order valence-electron chi connectivity index (χ2n) is 2.53. The molecule has 0 spiro atoms. The minimum Gasteiger partial charge on any atom is -0.388 e. The summed E-state index contributed by atoms with van der Waals surface area (Å²) < 4.78 is 5.01. The molecule has 4 heteroatoms. The van der Waals surface area contributed by atoms with Crippen LogP contribution in [0.5, 0.6) is 0 Å². The molecular formula is C6H11BO3. The highest BCUT2D eigenvalue weighted by Gasteiger charge is 2.38. The van der Waals surface area contributed by atoms with E-state index in [1.165, 1.54) is 0 Å². The summed E-state index contributed by atoms with van der Waals surface area (Å²) in [7, 11) is 5.30. The smallest absolute Gasteiger partial charge is 0.112 e. The van der Waals surface area contributed by atoms with Crippen LogP contribution in [0.1, 0.15) is 13.3 Å². The van der Waals surface area contributed by atoms with Crippen LogP contribution >= 0.6 is 0 Å². The molecular weight excluding hydrogens is 131 g/mol. The van der Waals surface area contributed by atoms with Crippen molar-refractivity contribution in [3.05, 3.63) is 0 Å². The van der Waals surface area contributed by atoms with Crippen LogP contribution in [-0.4, -0.2) is 42.4 Å². The lowest BCUT2D eigenvalue weighted by atomic mass is 9.93. The van der Waals surface area contributed by atoms with Crippen LogP contribution in [0.2, 0.25) is 0 Å². The SMILES string of the molecule is [B][C@@H]1O[C@H](CC)C(O)[C@@H]1O. The molecule has 0 aromatic heterocycles. The van der Waals surface area contributed by atoms with Crippen molar-refractivity contribution in [2.75, 3.05) is 0 Å². The van der Waals surface area contributed by atoms with E-state index in [-0.39, 0.29) is 6.10 Å². The van der Waals surface area contributed by atoms with Crippen molar-refractivity contribution in [3.8, 4) is 0 Å². The molecule has 1 aliphatic rings. The average molecular weight is 142 g/mol. The number of aliphatic hydroxyl groups is 2. The molecule has 0 aliphatic carbocycles. The number of aliphatic hydroxyl groups excluding tert-OH is 2. The molecule has 2 radical (unpaired) electrons. The highest BCUT2D eigenvalue weighted by atomic mass is 16.5. The summed E-state index contributed by atoms with van der Waals surface area (Å²) in [5, 5.41) is 18.2. The fourth-order valence-corrected chi connectivity index (χ4v) is 1.11. The number of rotatable bonds is 1. The van der Waals surface area contributed by atoms with E-state index in [1.807, 2.05) is 6.92 Å². The number of hydrogen-bond acceptors (Lipinski definition) is 3. The zero-order chi connectivity index (χ0) is 7.72. The van der Waals surface area contributed by atoms with E-state index in [0.717, 1.165) is 0 Å². The maximum Gasteiger partial charge on any atom is 0.112 e. The van der Waals surface area contributed by atoms with E-state index in [4.69, 9.17) is 17.7 Å². The zero-order valence-electron chi connectivity index (χ0n) is 5.90. The topological polar surface area (TPSA) is 49.7 Å². The van der Waals surface area contributed by atoms with E-state index in [1.54, 1.807) is 0 Å². The van der Waals surface area contributed by atoms with Crippen LogP contribution in [-0.2, 0) is 4.74 Å². The lowest BCUT2D eigenvalue weighted by molar-refractivity contribution is 0.0210. The Morgan fingerprint density at radius 1 is 1.40 bits per heavy atom. The van der Waals surface area contributed by atoms with Crippen molar-refractivity contribution >= 4 is 7.85 Å². The molecule has 2 N–H and O–H groups in total. The monoisotopic (exact) mass is 142 g/mol. The summed E-state index contributed by atoms with van der Waals surface area (Å²) in [5.74, 6) is 0. The van der Waals surface area contributed by atoms with Gasteiger partial charge in [-0.15, -0.1) is 0 Å². The van der Waals surface area contributed by atoms with Crippen molar-refractivity contribution in [2.45, 2.75) is 37.7 Å². The largest absolute Gasteiger partial charge is 0.388 e. The predicted octanol–water partition coefficient (Wildman–Crippen LogP) is -0.988. The second-order valence-corrected chi connectivity index (χ2v) is 2.53. The molecule has 1 fully saturated rings. The van der Waals surface area contributed by atoms with Crippen LogP contribution in [0, 0.1) is 0 Å². The predicted molar refractivity (Wildman–Crippen MR) is 36.7 cm³/mol. The van der Waals surface area contributed by atoms with Gasteiger partial charge in [0.25, 0.3) is 0 Å². The lowest BCUT2D eigenvalue weighted by Gasteiger charge is -2.11. The van der Waals surface area contributed by atoms with Gasteiger partial charge in [0.15, 0.2) is 0 Å². The second kappa shape index (κ2) is 2.90. The quantitative estimate of drug-likeness (QED) is 0.462. The highest BCUT2D eigenvalue weighted by molar-refractivity contribution is 6.11. The Labute approximate surface area is 61.4 Å². The van der Waals surface area contributed by atoms with E-state index >= 15 is 0 Å². The standard InChI is InChI=1S/C6H11BO3/c1-2-3-4(8)5(9)6(7)10-3/h3-6,8-9H,2H2,1H3/t3-,4?,5+,6-/m1/s1. The van der Waals surface area contributed by atoms with Crippen molar-refractivity contribution in [3.63, 3.8) is 0 Å². The Morgan fingerprint density at radius 2 is 2.00 bits per heavy atom. The first kappa shape index (κ1) is 8.05. The maximum atomic E-state index is 9.17. The summed E-state index contributed by atoms with van der Waals surface area (Å²) in [4.78, 5) is 0. The average Bonchev–Trinajstić information content (AvgIpc) is 2.17. The van der Waals surface area contributed by atoms with Gasteiger partial charge in [-0.25, -0.2) is 0 Å². The highest BCUT2D eigenvalue weighted by Crippen LogP contribution is 2.20. The van der Waals surface area contributed by atoms with Gasteiger partial charge < -0.3 is 14.9 Å². The van der Waals surface area contributed by atoms with Crippen molar-refractivity contribution in [2.24, 2.45) is 0 Å². The maximum absolute atomic E-state index is 9.17. The molecule has 1 rings (SSSR count). The Bertz CT molecular complexity index is 120. The Kier molecular flexibility index (Phi) is 2.34. The molecule has 0 bridgehead atoms. The Morgan fingerprint density at radius 3 is 2.20 bits per heavy atom. The number of hydrogen-bond donors (Lipinski definition) is 2. The molecule has 1 saturated heterocycles. The van der Waals surface area contributed by atoms with E-state index in [2.05, 4.69) is 0 Å². The fraction of sp³-hybridized carbons (Fsp3) is 1.00. The molecule has 1 heterocycles. The van der Waals surface area contributed by atoms with Crippen LogP contribution in [0.4, 0.5) is 0 Å². The zero-order valence-corrected chi connectivity index (χ0v) is 5.90. The van der Waals surface area contributed by atoms with Gasteiger partial charge in [0.2, 0.25) is 0 Å². The van der Waals surface area contributed by atoms with Crippen LogP contribution in [0.15, 0.2) is 0 Å². The third-order valence-electron chi connectivity index (χ3n) is 1.80. The molecule has 1 unspecified atom stereocenters. The molecule has 10 heavy (non-hydrogen) atoms. The summed E-state index contributed by atoms with van der Waals surface area (Å²) in [6.45, 7) is 1.87. The van der Waals surface area contributed by atoms with Crippen LogP contribution in [0.25, 0.3) is 0 Å². The minimum absolute atomic E-state index is 0.301. The van der Waals surface area contributed by atoms with Crippen molar-refractivity contribution < 1.29 is 14.9 Å². The van der Waals surface area contributed by atoms with Crippen molar-refractivity contribution in [1.29, 1.82) is 0 Å². The summed E-state index contributed by atoms with van der Waals surface area (Å²) in [5.41, 5.74) is 0. The minimum atomic E-state index is -0.926. The van der Waals surface area contributed by atoms with Gasteiger partial charge >= 0.3 is 0 Å². The Hall–Kier alpha value is -0.0551. The van der Waals surface area contributed by atoms with Crippen LogP contribution in [0.3, 0.4) is 0 Å². The van der Waals surface area contributed by atoms with E-state index in [0.29, 0.717) is 6.42 Å². The Balaban J connectivity index is 2.53. The number of ether oxygens (including phenoxy) is 1. The molecule has 1 aliphatic heterocycles. The lowest BCUT2D eigenvalue weighted by Crippen LogP contribution is -2.32. The third-order valence-corrected chi connectivity index (χ3v) is 1.80. The molecule has 0 aromatic carbocycles. The normalized spacial score (nSPS) is 47.9.